The van der Waals surface area contributed by atoms with Crippen LogP contribution in [0.4, 0.5) is 0 Å². The summed E-state index contributed by atoms with van der Waals surface area (Å²) in [5.74, 6) is -0.741. The molecular formula is C15H14ClNO4. The lowest BCUT2D eigenvalue weighted by molar-refractivity contribution is -0.141. The third kappa shape index (κ3) is 4.10. The highest BCUT2D eigenvalue weighted by Crippen LogP contribution is 2.20. The van der Waals surface area contributed by atoms with Crippen LogP contribution in [-0.4, -0.2) is 19.0 Å². The van der Waals surface area contributed by atoms with Crippen LogP contribution in [0.2, 0.25) is 5.02 Å². The second kappa shape index (κ2) is 6.95. The third-order valence-electron chi connectivity index (χ3n) is 2.96. The van der Waals surface area contributed by atoms with Crippen molar-refractivity contribution in [2.45, 2.75) is 12.5 Å². The Kier molecular flexibility index (Phi) is 5.00. The number of furan rings is 1. The van der Waals surface area contributed by atoms with E-state index in [1.165, 1.54) is 19.6 Å². The summed E-state index contributed by atoms with van der Waals surface area (Å²) in [4.78, 5) is 23.6. The van der Waals surface area contributed by atoms with Gasteiger partial charge in [0.2, 0.25) is 0 Å². The molecule has 6 heteroatoms. The molecule has 1 heterocycles. The van der Waals surface area contributed by atoms with Crippen molar-refractivity contribution in [1.82, 2.24) is 5.32 Å². The molecule has 0 saturated carbocycles. The van der Waals surface area contributed by atoms with Gasteiger partial charge in [-0.3, -0.25) is 9.59 Å². The number of amides is 1. The van der Waals surface area contributed by atoms with Crippen molar-refractivity contribution in [2.75, 3.05) is 7.11 Å². The normalized spacial score (nSPS) is 11.7. The second-order valence-corrected chi connectivity index (χ2v) is 4.81. The number of carbonyl (C=O) groups excluding carboxylic acids is 2. The average molecular weight is 308 g/mol. The molecular weight excluding hydrogens is 294 g/mol. The van der Waals surface area contributed by atoms with Crippen LogP contribution in [0.5, 0.6) is 0 Å². The Morgan fingerprint density at radius 2 is 2.00 bits per heavy atom. The van der Waals surface area contributed by atoms with Gasteiger partial charge in [-0.1, -0.05) is 23.7 Å². The van der Waals surface area contributed by atoms with E-state index in [2.05, 4.69) is 10.1 Å². The molecule has 1 N–H and O–H groups in total. The standard InChI is InChI=1S/C15H14ClNO4/c1-20-14(18)8-13(10-2-4-12(16)5-3-10)17-15(19)11-6-7-21-9-11/h2-7,9,13H,8H2,1H3,(H,17,19). The summed E-state index contributed by atoms with van der Waals surface area (Å²) >= 11 is 5.84. The fourth-order valence-corrected chi connectivity index (χ4v) is 1.96. The molecule has 0 aliphatic heterocycles. The van der Waals surface area contributed by atoms with Gasteiger partial charge in [0.25, 0.3) is 5.91 Å². The SMILES string of the molecule is COC(=O)CC(NC(=O)c1ccoc1)c1ccc(Cl)cc1. The van der Waals surface area contributed by atoms with E-state index in [0.717, 1.165) is 5.56 Å². The van der Waals surface area contributed by atoms with Crippen molar-refractivity contribution in [3.8, 4) is 0 Å². The van der Waals surface area contributed by atoms with Gasteiger partial charge in [-0.15, -0.1) is 0 Å². The van der Waals surface area contributed by atoms with E-state index in [1.807, 2.05) is 0 Å². The summed E-state index contributed by atoms with van der Waals surface area (Å²) in [7, 11) is 1.30. The number of hydrogen-bond acceptors (Lipinski definition) is 4. The van der Waals surface area contributed by atoms with Gasteiger partial charge >= 0.3 is 5.97 Å². The monoisotopic (exact) mass is 307 g/mol. The van der Waals surface area contributed by atoms with Crippen molar-refractivity contribution >= 4 is 23.5 Å². The molecule has 0 aliphatic carbocycles. The van der Waals surface area contributed by atoms with Gasteiger partial charge in [-0.25, -0.2) is 0 Å². The topological polar surface area (TPSA) is 68.5 Å². The number of halogens is 1. The summed E-state index contributed by atoms with van der Waals surface area (Å²) in [6.07, 6.45) is 2.78. The van der Waals surface area contributed by atoms with Crippen molar-refractivity contribution in [2.24, 2.45) is 0 Å². The molecule has 0 fully saturated rings. The molecule has 2 aromatic rings. The number of benzene rings is 1. The quantitative estimate of drug-likeness (QED) is 0.862. The van der Waals surface area contributed by atoms with Crippen LogP contribution in [0, 0.1) is 0 Å². The zero-order valence-electron chi connectivity index (χ0n) is 11.3. The van der Waals surface area contributed by atoms with Gasteiger partial charge in [-0.2, -0.15) is 0 Å². The van der Waals surface area contributed by atoms with Crippen LogP contribution in [0.3, 0.4) is 0 Å². The maximum absolute atomic E-state index is 12.1. The molecule has 110 valence electrons. The lowest BCUT2D eigenvalue weighted by Gasteiger charge is -2.18. The zero-order valence-corrected chi connectivity index (χ0v) is 12.1. The van der Waals surface area contributed by atoms with Crippen LogP contribution in [0.15, 0.2) is 47.3 Å². The summed E-state index contributed by atoms with van der Waals surface area (Å²) in [6.45, 7) is 0. The van der Waals surface area contributed by atoms with E-state index < -0.39 is 12.0 Å². The number of carbonyl (C=O) groups is 2. The number of ether oxygens (including phenoxy) is 1. The van der Waals surface area contributed by atoms with E-state index in [0.29, 0.717) is 10.6 Å². The summed E-state index contributed by atoms with van der Waals surface area (Å²) < 4.78 is 9.53. The van der Waals surface area contributed by atoms with E-state index >= 15 is 0 Å². The molecule has 1 amide bonds. The number of nitrogens with one attached hydrogen (secondary N) is 1. The van der Waals surface area contributed by atoms with E-state index in [4.69, 9.17) is 16.0 Å². The minimum absolute atomic E-state index is 0.0295. The van der Waals surface area contributed by atoms with E-state index in [9.17, 15) is 9.59 Å². The van der Waals surface area contributed by atoms with Gasteiger partial charge in [0.15, 0.2) is 0 Å². The summed E-state index contributed by atoms with van der Waals surface area (Å²) in [6, 6.07) is 7.96. The predicted octanol–water partition coefficient (Wildman–Crippen LogP) is 2.97. The molecule has 1 aromatic heterocycles. The Labute approximate surface area is 126 Å². The Morgan fingerprint density at radius 1 is 1.29 bits per heavy atom. The second-order valence-electron chi connectivity index (χ2n) is 4.37. The Balaban J connectivity index is 2.17. The van der Waals surface area contributed by atoms with Gasteiger partial charge in [0.05, 0.1) is 31.4 Å². The lowest BCUT2D eigenvalue weighted by Crippen LogP contribution is -2.30. The smallest absolute Gasteiger partial charge is 0.307 e. The first-order chi connectivity index (χ1) is 10.1. The third-order valence-corrected chi connectivity index (χ3v) is 3.21. The maximum atomic E-state index is 12.1. The first-order valence-corrected chi connectivity index (χ1v) is 6.63. The Morgan fingerprint density at radius 3 is 2.57 bits per heavy atom. The first kappa shape index (κ1) is 15.1. The minimum Gasteiger partial charge on any atom is -0.472 e. The number of rotatable bonds is 5. The van der Waals surface area contributed by atoms with Crippen molar-refractivity contribution < 1.29 is 18.7 Å². The van der Waals surface area contributed by atoms with Gasteiger partial charge in [0, 0.05) is 5.02 Å². The number of hydrogen-bond donors (Lipinski definition) is 1. The van der Waals surface area contributed by atoms with E-state index in [-0.39, 0.29) is 12.3 Å². The molecule has 1 unspecified atom stereocenters. The lowest BCUT2D eigenvalue weighted by atomic mass is 10.0. The van der Waals surface area contributed by atoms with Crippen LogP contribution in [0.25, 0.3) is 0 Å². The van der Waals surface area contributed by atoms with Crippen LogP contribution >= 0.6 is 11.6 Å². The minimum atomic E-state index is -0.503. The number of esters is 1. The summed E-state index contributed by atoms with van der Waals surface area (Å²) in [5, 5.41) is 3.36. The van der Waals surface area contributed by atoms with Crippen molar-refractivity contribution in [3.05, 3.63) is 59.0 Å². The maximum Gasteiger partial charge on any atom is 0.307 e. The molecule has 1 atom stereocenters. The highest BCUT2D eigenvalue weighted by atomic mass is 35.5. The fraction of sp³-hybridized carbons (Fsp3) is 0.200. The molecule has 0 spiro atoms. The summed E-state index contributed by atoms with van der Waals surface area (Å²) in [5.41, 5.74) is 1.15. The molecule has 2 rings (SSSR count). The Hall–Kier alpha value is -2.27. The van der Waals surface area contributed by atoms with Crippen molar-refractivity contribution in [3.63, 3.8) is 0 Å². The highest BCUT2D eigenvalue weighted by Gasteiger charge is 2.20. The largest absolute Gasteiger partial charge is 0.472 e. The average Bonchev–Trinajstić information content (AvgIpc) is 3.01. The van der Waals surface area contributed by atoms with Crippen LogP contribution in [0.1, 0.15) is 28.4 Å². The van der Waals surface area contributed by atoms with Gasteiger partial charge < -0.3 is 14.5 Å². The Bertz CT molecular complexity index is 607. The first-order valence-electron chi connectivity index (χ1n) is 6.25. The molecule has 0 radical (unpaired) electrons. The molecule has 1 aromatic carbocycles. The van der Waals surface area contributed by atoms with Crippen LogP contribution in [-0.2, 0) is 9.53 Å². The zero-order chi connectivity index (χ0) is 15.2. The number of methoxy groups -OCH3 is 1. The molecule has 0 aliphatic rings. The van der Waals surface area contributed by atoms with E-state index in [1.54, 1.807) is 30.3 Å². The van der Waals surface area contributed by atoms with Gasteiger partial charge in [0.1, 0.15) is 6.26 Å². The fourth-order valence-electron chi connectivity index (χ4n) is 1.83. The van der Waals surface area contributed by atoms with Crippen LogP contribution < -0.4 is 5.32 Å². The van der Waals surface area contributed by atoms with Gasteiger partial charge in [-0.05, 0) is 23.8 Å². The highest BCUT2D eigenvalue weighted by molar-refractivity contribution is 6.30. The molecule has 21 heavy (non-hydrogen) atoms. The van der Waals surface area contributed by atoms with Crippen molar-refractivity contribution in [1.29, 1.82) is 0 Å². The predicted molar refractivity (Wildman–Crippen MR) is 77.0 cm³/mol. The molecule has 0 bridgehead atoms. The molecule has 0 saturated heterocycles. The molecule has 5 nitrogen and oxygen atoms in total.